The minimum atomic E-state index is -3.69. The molecule has 0 atom stereocenters. The van der Waals surface area contributed by atoms with Crippen LogP contribution in [-0.2, 0) is 15.8 Å². The normalized spacial score (nSPS) is 11.1. The minimum Gasteiger partial charge on any atom is -0.351 e. The topological polar surface area (TPSA) is 66.5 Å². The van der Waals surface area contributed by atoms with E-state index < -0.39 is 10.0 Å². The summed E-state index contributed by atoms with van der Waals surface area (Å²) < 4.78 is 26.8. The molecule has 0 radical (unpaired) electrons. The molecule has 7 heteroatoms. The molecule has 0 bridgehead atoms. The molecule has 5 nitrogen and oxygen atoms in total. The SMILES string of the molecule is CN(c1cccc(C(=O)NCCSCc2ccccc2)c1)S(=O)(=O)c1ccccc1. The summed E-state index contributed by atoms with van der Waals surface area (Å²) in [5.74, 6) is 1.47. The van der Waals surface area contributed by atoms with E-state index in [1.165, 1.54) is 16.9 Å². The van der Waals surface area contributed by atoms with E-state index in [2.05, 4.69) is 17.4 Å². The first-order chi connectivity index (χ1) is 14.5. The predicted octanol–water partition coefficient (Wildman–Crippen LogP) is 4.17. The highest BCUT2D eigenvalue weighted by Gasteiger charge is 2.21. The Kier molecular flexibility index (Phi) is 7.54. The summed E-state index contributed by atoms with van der Waals surface area (Å²) >= 11 is 1.75. The van der Waals surface area contributed by atoms with Crippen molar-refractivity contribution in [3.63, 3.8) is 0 Å². The number of thioether (sulfide) groups is 1. The third-order valence-electron chi connectivity index (χ3n) is 4.52. The number of sulfonamides is 1. The van der Waals surface area contributed by atoms with Gasteiger partial charge in [-0.05, 0) is 35.9 Å². The second-order valence-corrected chi connectivity index (χ2v) is 9.70. The van der Waals surface area contributed by atoms with Gasteiger partial charge in [0, 0.05) is 30.7 Å². The molecule has 0 saturated carbocycles. The molecule has 0 aliphatic rings. The van der Waals surface area contributed by atoms with Gasteiger partial charge in [-0.15, -0.1) is 0 Å². The number of carbonyl (C=O) groups is 1. The fraction of sp³-hybridized carbons (Fsp3) is 0.174. The van der Waals surface area contributed by atoms with Crippen LogP contribution in [0.15, 0.2) is 89.8 Å². The van der Waals surface area contributed by atoms with Gasteiger partial charge in [0.2, 0.25) is 0 Å². The lowest BCUT2D eigenvalue weighted by molar-refractivity contribution is 0.0956. The molecule has 1 amide bonds. The molecule has 0 spiro atoms. The van der Waals surface area contributed by atoms with Crippen molar-refractivity contribution in [2.75, 3.05) is 23.7 Å². The summed E-state index contributed by atoms with van der Waals surface area (Å²) in [4.78, 5) is 12.7. The van der Waals surface area contributed by atoms with E-state index in [0.717, 1.165) is 11.5 Å². The summed E-state index contributed by atoms with van der Waals surface area (Å²) in [5.41, 5.74) is 2.12. The number of nitrogens with zero attached hydrogens (tertiary/aromatic N) is 1. The Balaban J connectivity index is 1.57. The zero-order valence-electron chi connectivity index (χ0n) is 16.7. The molecule has 0 unspecified atom stereocenters. The van der Waals surface area contributed by atoms with Gasteiger partial charge < -0.3 is 5.32 Å². The van der Waals surface area contributed by atoms with Crippen molar-refractivity contribution in [2.24, 2.45) is 0 Å². The van der Waals surface area contributed by atoms with Crippen molar-refractivity contribution in [1.82, 2.24) is 5.32 Å². The van der Waals surface area contributed by atoms with Gasteiger partial charge in [-0.3, -0.25) is 9.10 Å². The summed E-state index contributed by atoms with van der Waals surface area (Å²) in [5, 5.41) is 2.89. The largest absolute Gasteiger partial charge is 0.351 e. The van der Waals surface area contributed by atoms with Crippen LogP contribution in [0.1, 0.15) is 15.9 Å². The zero-order chi connectivity index (χ0) is 21.4. The summed E-state index contributed by atoms with van der Waals surface area (Å²) in [7, 11) is -2.20. The molecule has 0 aliphatic heterocycles. The van der Waals surface area contributed by atoms with Crippen LogP contribution in [0, 0.1) is 0 Å². The molecule has 0 aromatic heterocycles. The fourth-order valence-corrected chi connectivity index (χ4v) is 4.86. The van der Waals surface area contributed by atoms with Crippen LogP contribution in [0.5, 0.6) is 0 Å². The lowest BCUT2D eigenvalue weighted by Crippen LogP contribution is -2.28. The van der Waals surface area contributed by atoms with Crippen molar-refractivity contribution in [3.05, 3.63) is 96.1 Å². The van der Waals surface area contributed by atoms with E-state index in [9.17, 15) is 13.2 Å². The molecule has 0 aliphatic carbocycles. The van der Waals surface area contributed by atoms with Crippen LogP contribution >= 0.6 is 11.8 Å². The maximum Gasteiger partial charge on any atom is 0.264 e. The van der Waals surface area contributed by atoms with E-state index in [4.69, 9.17) is 0 Å². The van der Waals surface area contributed by atoms with Gasteiger partial charge in [-0.2, -0.15) is 11.8 Å². The number of amides is 1. The van der Waals surface area contributed by atoms with Gasteiger partial charge in [0.25, 0.3) is 15.9 Å². The Morgan fingerprint density at radius 1 is 0.933 bits per heavy atom. The number of hydrogen-bond donors (Lipinski definition) is 1. The Morgan fingerprint density at radius 3 is 2.30 bits per heavy atom. The highest BCUT2D eigenvalue weighted by Crippen LogP contribution is 2.22. The second kappa shape index (κ2) is 10.3. The van der Waals surface area contributed by atoms with Gasteiger partial charge in [-0.25, -0.2) is 8.42 Å². The molecule has 3 aromatic rings. The van der Waals surface area contributed by atoms with Crippen molar-refractivity contribution in [2.45, 2.75) is 10.6 Å². The van der Waals surface area contributed by atoms with Crippen LogP contribution in [0.3, 0.4) is 0 Å². The van der Waals surface area contributed by atoms with Crippen LogP contribution in [0.2, 0.25) is 0 Å². The number of rotatable bonds is 9. The molecular weight excluding hydrogens is 416 g/mol. The average Bonchev–Trinajstić information content (AvgIpc) is 2.79. The number of carbonyl (C=O) groups excluding carboxylic acids is 1. The molecule has 0 heterocycles. The second-order valence-electron chi connectivity index (χ2n) is 6.63. The smallest absolute Gasteiger partial charge is 0.264 e. The highest BCUT2D eigenvalue weighted by molar-refractivity contribution is 7.98. The summed E-state index contributed by atoms with van der Waals surface area (Å²) in [6.45, 7) is 0.540. The van der Waals surface area contributed by atoms with E-state index in [-0.39, 0.29) is 10.8 Å². The Labute approximate surface area is 182 Å². The van der Waals surface area contributed by atoms with E-state index in [0.29, 0.717) is 17.8 Å². The lowest BCUT2D eigenvalue weighted by Gasteiger charge is -2.20. The molecular formula is C23H24N2O3S2. The van der Waals surface area contributed by atoms with Crippen molar-refractivity contribution in [3.8, 4) is 0 Å². The number of hydrogen-bond acceptors (Lipinski definition) is 4. The van der Waals surface area contributed by atoms with Crippen LogP contribution in [0.25, 0.3) is 0 Å². The molecule has 1 N–H and O–H groups in total. The number of benzene rings is 3. The first kappa shape index (κ1) is 21.9. The van der Waals surface area contributed by atoms with Crippen molar-refractivity contribution in [1.29, 1.82) is 0 Å². The maximum absolute atomic E-state index is 12.8. The molecule has 30 heavy (non-hydrogen) atoms. The monoisotopic (exact) mass is 440 g/mol. The maximum atomic E-state index is 12.8. The predicted molar refractivity (Wildman–Crippen MR) is 123 cm³/mol. The van der Waals surface area contributed by atoms with Gasteiger partial charge in [0.1, 0.15) is 0 Å². The molecule has 3 aromatic carbocycles. The van der Waals surface area contributed by atoms with Gasteiger partial charge in [0.05, 0.1) is 10.6 Å². The van der Waals surface area contributed by atoms with E-state index >= 15 is 0 Å². The fourth-order valence-electron chi connectivity index (χ4n) is 2.84. The quantitative estimate of drug-likeness (QED) is 0.507. The summed E-state index contributed by atoms with van der Waals surface area (Å²) in [6, 6.07) is 25.0. The number of anilines is 1. The molecule has 156 valence electrons. The van der Waals surface area contributed by atoms with Crippen molar-refractivity contribution >= 4 is 33.4 Å². The minimum absolute atomic E-state index is 0.206. The first-order valence-corrected chi connectivity index (χ1v) is 12.1. The standard InChI is InChI=1S/C23H24N2O3S2/c1-25(30(27,28)22-13-6-3-7-14-22)21-12-8-11-20(17-21)23(26)24-15-16-29-18-19-9-4-2-5-10-19/h2-14,17H,15-16,18H2,1H3,(H,24,26). The van der Waals surface area contributed by atoms with Gasteiger partial charge in [-0.1, -0.05) is 54.6 Å². The summed E-state index contributed by atoms with van der Waals surface area (Å²) in [6.07, 6.45) is 0. The van der Waals surface area contributed by atoms with Crippen LogP contribution in [-0.4, -0.2) is 33.7 Å². The van der Waals surface area contributed by atoms with E-state index in [1.54, 1.807) is 66.4 Å². The van der Waals surface area contributed by atoms with Crippen LogP contribution in [0.4, 0.5) is 5.69 Å². The molecule has 0 saturated heterocycles. The average molecular weight is 441 g/mol. The van der Waals surface area contributed by atoms with E-state index in [1.807, 2.05) is 18.2 Å². The highest BCUT2D eigenvalue weighted by atomic mass is 32.2. The Morgan fingerprint density at radius 2 is 1.60 bits per heavy atom. The Bertz CT molecular complexity index is 1070. The van der Waals surface area contributed by atoms with Crippen molar-refractivity contribution < 1.29 is 13.2 Å². The van der Waals surface area contributed by atoms with Gasteiger partial charge in [0.15, 0.2) is 0 Å². The first-order valence-electron chi connectivity index (χ1n) is 9.52. The lowest BCUT2D eigenvalue weighted by atomic mass is 10.2. The molecule has 3 rings (SSSR count). The molecule has 0 fully saturated rings. The van der Waals surface area contributed by atoms with Crippen LogP contribution < -0.4 is 9.62 Å². The Hall–Kier alpha value is -2.77. The van der Waals surface area contributed by atoms with Gasteiger partial charge >= 0.3 is 0 Å². The third-order valence-corrected chi connectivity index (χ3v) is 7.35. The zero-order valence-corrected chi connectivity index (χ0v) is 18.3. The number of nitrogens with one attached hydrogen (secondary N) is 1. The third kappa shape index (κ3) is 5.64.